The zero-order valence-corrected chi connectivity index (χ0v) is 18.4. The zero-order chi connectivity index (χ0) is 21.0. The normalized spacial score (nSPS) is 12.1. The van der Waals surface area contributed by atoms with Gasteiger partial charge in [-0.1, -0.05) is 71.6 Å². The molecule has 0 spiro atoms. The SMILES string of the molecule is CCCCCCCCCCCC(=O)N(NCCCC)[C@@H](CCCCN)C(=O)O. The first-order chi connectivity index (χ1) is 13.6. The Morgan fingerprint density at radius 3 is 1.96 bits per heavy atom. The summed E-state index contributed by atoms with van der Waals surface area (Å²) in [5, 5.41) is 11.0. The van der Waals surface area contributed by atoms with Gasteiger partial charge in [-0.2, -0.15) is 0 Å². The number of hydrogen-bond donors (Lipinski definition) is 3. The molecule has 6 nitrogen and oxygen atoms in total. The van der Waals surface area contributed by atoms with Crippen LogP contribution in [0.15, 0.2) is 0 Å². The summed E-state index contributed by atoms with van der Waals surface area (Å²) in [6, 6.07) is -0.811. The van der Waals surface area contributed by atoms with Gasteiger partial charge in [-0.15, -0.1) is 0 Å². The van der Waals surface area contributed by atoms with E-state index in [0.717, 1.165) is 38.5 Å². The summed E-state index contributed by atoms with van der Waals surface area (Å²) in [5.74, 6) is -1.04. The molecule has 0 rings (SSSR count). The number of carbonyl (C=O) groups excluding carboxylic acids is 1. The van der Waals surface area contributed by atoms with Crippen molar-refractivity contribution in [3.05, 3.63) is 0 Å². The first kappa shape index (κ1) is 26.9. The smallest absolute Gasteiger partial charge is 0.328 e. The van der Waals surface area contributed by atoms with Crippen LogP contribution in [0.2, 0.25) is 0 Å². The summed E-state index contributed by atoms with van der Waals surface area (Å²) in [6.45, 7) is 5.47. The lowest BCUT2D eigenvalue weighted by Crippen LogP contribution is -2.53. The van der Waals surface area contributed by atoms with Crippen molar-refractivity contribution in [2.75, 3.05) is 13.1 Å². The average molecular weight is 400 g/mol. The molecule has 166 valence electrons. The molecule has 4 N–H and O–H groups in total. The number of unbranched alkanes of at least 4 members (excludes halogenated alkanes) is 10. The molecule has 0 radical (unpaired) electrons. The van der Waals surface area contributed by atoms with Crippen molar-refractivity contribution in [1.82, 2.24) is 10.4 Å². The number of carboxylic acids is 1. The van der Waals surface area contributed by atoms with E-state index in [1.165, 1.54) is 43.5 Å². The predicted octanol–water partition coefficient (Wildman–Crippen LogP) is 4.62. The summed E-state index contributed by atoms with van der Waals surface area (Å²) in [6.07, 6.45) is 15.0. The Hall–Kier alpha value is -1.14. The molecule has 0 aliphatic carbocycles. The van der Waals surface area contributed by atoms with Gasteiger partial charge in [0.1, 0.15) is 6.04 Å². The number of carboxylic acid groups (broad SMARTS) is 1. The second-order valence-corrected chi connectivity index (χ2v) is 7.74. The Morgan fingerprint density at radius 1 is 0.857 bits per heavy atom. The Bertz CT molecular complexity index is 391. The van der Waals surface area contributed by atoms with E-state index in [4.69, 9.17) is 5.73 Å². The van der Waals surface area contributed by atoms with Crippen LogP contribution in [0.3, 0.4) is 0 Å². The molecule has 0 aromatic carbocycles. The van der Waals surface area contributed by atoms with Crippen LogP contribution in [-0.2, 0) is 9.59 Å². The highest BCUT2D eigenvalue weighted by atomic mass is 16.4. The van der Waals surface area contributed by atoms with E-state index in [9.17, 15) is 14.7 Å². The highest BCUT2D eigenvalue weighted by Crippen LogP contribution is 2.14. The van der Waals surface area contributed by atoms with E-state index >= 15 is 0 Å². The van der Waals surface area contributed by atoms with Gasteiger partial charge in [0.2, 0.25) is 5.91 Å². The van der Waals surface area contributed by atoms with Gasteiger partial charge < -0.3 is 10.8 Å². The Balaban J connectivity index is 4.36. The van der Waals surface area contributed by atoms with Crippen molar-refractivity contribution in [3.63, 3.8) is 0 Å². The molecule has 0 aliphatic heterocycles. The first-order valence-corrected chi connectivity index (χ1v) is 11.6. The Labute approximate surface area is 172 Å². The van der Waals surface area contributed by atoms with Crippen LogP contribution in [0.25, 0.3) is 0 Å². The van der Waals surface area contributed by atoms with E-state index in [1.807, 2.05) is 0 Å². The summed E-state index contributed by atoms with van der Waals surface area (Å²) < 4.78 is 0. The van der Waals surface area contributed by atoms with E-state index in [1.54, 1.807) is 0 Å². The molecule has 0 heterocycles. The van der Waals surface area contributed by atoms with E-state index in [-0.39, 0.29) is 5.91 Å². The van der Waals surface area contributed by atoms with Gasteiger partial charge in [0.25, 0.3) is 0 Å². The van der Waals surface area contributed by atoms with Crippen LogP contribution >= 0.6 is 0 Å². The summed E-state index contributed by atoms with van der Waals surface area (Å²) in [7, 11) is 0. The number of rotatable bonds is 20. The van der Waals surface area contributed by atoms with Crippen molar-refractivity contribution < 1.29 is 14.7 Å². The number of nitrogens with zero attached hydrogens (tertiary/aromatic N) is 1. The third-order valence-corrected chi connectivity index (χ3v) is 5.10. The fraction of sp³-hybridized carbons (Fsp3) is 0.909. The average Bonchev–Trinajstić information content (AvgIpc) is 2.67. The number of aliphatic carboxylic acids is 1. The molecule has 0 aromatic rings. The van der Waals surface area contributed by atoms with Crippen molar-refractivity contribution in [2.24, 2.45) is 5.73 Å². The minimum absolute atomic E-state index is 0.0980. The number of hydrazine groups is 1. The number of amides is 1. The molecule has 0 unspecified atom stereocenters. The molecule has 0 aromatic heterocycles. The third kappa shape index (κ3) is 13.9. The van der Waals surface area contributed by atoms with Crippen LogP contribution < -0.4 is 11.2 Å². The molecule has 0 saturated carbocycles. The fourth-order valence-electron chi connectivity index (χ4n) is 3.30. The Kier molecular flexibility index (Phi) is 18.4. The topological polar surface area (TPSA) is 95.7 Å². The molecule has 1 atom stereocenters. The largest absolute Gasteiger partial charge is 0.480 e. The molecule has 0 bridgehead atoms. The lowest BCUT2D eigenvalue weighted by molar-refractivity contribution is -0.154. The molecular weight excluding hydrogens is 354 g/mol. The van der Waals surface area contributed by atoms with E-state index in [0.29, 0.717) is 32.4 Å². The number of carbonyl (C=O) groups is 2. The van der Waals surface area contributed by atoms with Crippen LogP contribution in [0, 0.1) is 0 Å². The van der Waals surface area contributed by atoms with Crippen molar-refractivity contribution in [1.29, 1.82) is 0 Å². The highest BCUT2D eigenvalue weighted by molar-refractivity contribution is 5.83. The van der Waals surface area contributed by atoms with Gasteiger partial charge in [-0.3, -0.25) is 9.80 Å². The van der Waals surface area contributed by atoms with Crippen molar-refractivity contribution in [3.8, 4) is 0 Å². The van der Waals surface area contributed by atoms with Crippen LogP contribution in [0.5, 0.6) is 0 Å². The molecular formula is C22H45N3O3. The van der Waals surface area contributed by atoms with Gasteiger partial charge >= 0.3 is 5.97 Å². The maximum Gasteiger partial charge on any atom is 0.328 e. The molecule has 28 heavy (non-hydrogen) atoms. The summed E-state index contributed by atoms with van der Waals surface area (Å²) >= 11 is 0. The summed E-state index contributed by atoms with van der Waals surface area (Å²) in [5.41, 5.74) is 8.60. The van der Waals surface area contributed by atoms with Crippen LogP contribution in [0.1, 0.15) is 110 Å². The van der Waals surface area contributed by atoms with Crippen LogP contribution in [-0.4, -0.2) is 41.1 Å². The zero-order valence-electron chi connectivity index (χ0n) is 18.4. The maximum atomic E-state index is 12.7. The standard InChI is InChI=1S/C22H45N3O3/c1-3-5-7-8-9-10-11-12-13-17-21(26)25(24-19-6-4-2)20(22(27)28)16-14-15-18-23/h20,24H,3-19,23H2,1-2H3,(H,27,28)/t20-/m0/s1. The third-order valence-electron chi connectivity index (χ3n) is 5.10. The van der Waals surface area contributed by atoms with Gasteiger partial charge in [0, 0.05) is 13.0 Å². The van der Waals surface area contributed by atoms with Gasteiger partial charge in [-0.25, -0.2) is 10.2 Å². The predicted molar refractivity (Wildman–Crippen MR) is 116 cm³/mol. The van der Waals surface area contributed by atoms with Crippen molar-refractivity contribution in [2.45, 2.75) is 116 Å². The van der Waals surface area contributed by atoms with E-state index in [2.05, 4.69) is 19.3 Å². The second kappa shape index (κ2) is 19.2. The Morgan fingerprint density at radius 2 is 1.43 bits per heavy atom. The number of hydrogen-bond acceptors (Lipinski definition) is 4. The minimum Gasteiger partial charge on any atom is -0.480 e. The lowest BCUT2D eigenvalue weighted by Gasteiger charge is -2.29. The highest BCUT2D eigenvalue weighted by Gasteiger charge is 2.28. The number of nitrogens with two attached hydrogens (primary N) is 1. The molecule has 1 amide bonds. The van der Waals surface area contributed by atoms with E-state index < -0.39 is 12.0 Å². The quantitative estimate of drug-likeness (QED) is 0.205. The van der Waals surface area contributed by atoms with Crippen LogP contribution in [0.4, 0.5) is 0 Å². The molecule has 0 fully saturated rings. The first-order valence-electron chi connectivity index (χ1n) is 11.6. The second-order valence-electron chi connectivity index (χ2n) is 7.74. The monoisotopic (exact) mass is 399 g/mol. The minimum atomic E-state index is -0.943. The van der Waals surface area contributed by atoms with Gasteiger partial charge in [0.15, 0.2) is 0 Å². The van der Waals surface area contributed by atoms with Gasteiger partial charge in [0.05, 0.1) is 0 Å². The molecule has 0 saturated heterocycles. The molecule has 0 aliphatic rings. The van der Waals surface area contributed by atoms with Crippen molar-refractivity contribution >= 4 is 11.9 Å². The number of nitrogens with one attached hydrogen (secondary N) is 1. The van der Waals surface area contributed by atoms with Gasteiger partial charge in [-0.05, 0) is 38.6 Å². The maximum absolute atomic E-state index is 12.7. The fourth-order valence-corrected chi connectivity index (χ4v) is 3.30. The lowest BCUT2D eigenvalue weighted by atomic mass is 10.1. The summed E-state index contributed by atoms with van der Waals surface area (Å²) in [4.78, 5) is 24.4. The molecule has 6 heteroatoms.